The van der Waals surface area contributed by atoms with Crippen molar-refractivity contribution in [3.63, 3.8) is 0 Å². The van der Waals surface area contributed by atoms with Gasteiger partial charge in [0.15, 0.2) is 0 Å². The second-order valence-corrected chi connectivity index (χ2v) is 6.91. The van der Waals surface area contributed by atoms with Crippen LogP contribution in [0.4, 0.5) is 13.2 Å². The number of benzene rings is 1. The summed E-state index contributed by atoms with van der Waals surface area (Å²) in [6.45, 7) is 7.70. The Labute approximate surface area is 140 Å². The first-order chi connectivity index (χ1) is 10.5. The first-order valence-electron chi connectivity index (χ1n) is 7.30. The quantitative estimate of drug-likeness (QED) is 0.636. The van der Waals surface area contributed by atoms with Gasteiger partial charge in [0.2, 0.25) is 0 Å². The van der Waals surface area contributed by atoms with E-state index in [4.69, 9.17) is 9.31 Å². The Hall–Kier alpha value is -0.915. The molecule has 2 rings (SSSR count). The molecule has 0 saturated carbocycles. The Morgan fingerprint density at radius 1 is 1.17 bits per heavy atom. The van der Waals surface area contributed by atoms with Crippen LogP contribution >= 0.6 is 12.6 Å². The maximum Gasteiger partial charge on any atom is 0.491 e. The normalized spacial score (nSPS) is 20.9. The van der Waals surface area contributed by atoms with Gasteiger partial charge in [-0.1, -0.05) is 18.2 Å². The zero-order valence-electron chi connectivity index (χ0n) is 13.6. The SMILES string of the molecule is CC1(C)OB(C(=Cc2cccc(C(F)(F)F)c2)CS)OC1(C)C. The van der Waals surface area contributed by atoms with Gasteiger partial charge in [-0.15, -0.1) is 0 Å². The molecule has 1 saturated heterocycles. The molecule has 2 nitrogen and oxygen atoms in total. The van der Waals surface area contributed by atoms with E-state index in [1.807, 2.05) is 27.7 Å². The van der Waals surface area contributed by atoms with Crippen molar-refractivity contribution in [2.45, 2.75) is 45.1 Å². The summed E-state index contributed by atoms with van der Waals surface area (Å²) in [5, 5.41) is 0. The van der Waals surface area contributed by atoms with E-state index in [1.165, 1.54) is 6.07 Å². The highest BCUT2D eigenvalue weighted by atomic mass is 32.1. The first-order valence-corrected chi connectivity index (χ1v) is 7.94. The van der Waals surface area contributed by atoms with Gasteiger partial charge in [-0.2, -0.15) is 25.8 Å². The summed E-state index contributed by atoms with van der Waals surface area (Å²) < 4.78 is 50.3. The Morgan fingerprint density at radius 3 is 2.22 bits per heavy atom. The van der Waals surface area contributed by atoms with Gasteiger partial charge in [-0.25, -0.2) is 0 Å². The summed E-state index contributed by atoms with van der Waals surface area (Å²) in [7, 11) is -0.618. The highest BCUT2D eigenvalue weighted by molar-refractivity contribution is 7.80. The molecule has 0 amide bonds. The van der Waals surface area contributed by atoms with E-state index in [2.05, 4.69) is 12.6 Å². The van der Waals surface area contributed by atoms with E-state index in [9.17, 15) is 13.2 Å². The first kappa shape index (κ1) is 18.4. The van der Waals surface area contributed by atoms with Gasteiger partial charge in [0.25, 0.3) is 0 Å². The Kier molecular flexibility index (Phi) is 4.95. The van der Waals surface area contributed by atoms with E-state index < -0.39 is 30.1 Å². The van der Waals surface area contributed by atoms with E-state index in [1.54, 1.807) is 12.1 Å². The fourth-order valence-electron chi connectivity index (χ4n) is 2.20. The number of thiol groups is 1. The van der Waals surface area contributed by atoms with Gasteiger partial charge in [-0.05, 0) is 50.9 Å². The lowest BCUT2D eigenvalue weighted by atomic mass is 9.78. The molecule has 1 heterocycles. The Morgan fingerprint density at radius 2 is 1.74 bits per heavy atom. The predicted molar refractivity (Wildman–Crippen MR) is 89.4 cm³/mol. The molecule has 1 aromatic carbocycles. The molecule has 0 unspecified atom stereocenters. The molecule has 126 valence electrons. The zero-order chi connectivity index (χ0) is 17.5. The average molecular weight is 344 g/mol. The fraction of sp³-hybridized carbons (Fsp3) is 0.500. The van der Waals surface area contributed by atoms with Crippen molar-refractivity contribution in [2.75, 3.05) is 5.75 Å². The van der Waals surface area contributed by atoms with E-state index >= 15 is 0 Å². The van der Waals surface area contributed by atoms with E-state index in [-0.39, 0.29) is 0 Å². The molecule has 0 atom stereocenters. The lowest BCUT2D eigenvalue weighted by molar-refractivity contribution is -0.137. The third-order valence-electron chi connectivity index (χ3n) is 4.30. The van der Waals surface area contributed by atoms with Crippen LogP contribution in [0.5, 0.6) is 0 Å². The van der Waals surface area contributed by atoms with Gasteiger partial charge in [-0.3, -0.25) is 0 Å². The standard InChI is InChI=1S/C16H20BF3O2S/c1-14(2)15(3,4)22-17(21-14)13(10-23)9-11-6-5-7-12(8-11)16(18,19)20/h5-9,23H,10H2,1-4H3. The van der Waals surface area contributed by atoms with Crippen LogP contribution < -0.4 is 0 Å². The third kappa shape index (κ3) is 3.95. The summed E-state index contributed by atoms with van der Waals surface area (Å²) in [6.07, 6.45) is -2.72. The van der Waals surface area contributed by atoms with Crippen molar-refractivity contribution in [2.24, 2.45) is 0 Å². The molecule has 0 spiro atoms. The highest BCUT2D eigenvalue weighted by Crippen LogP contribution is 2.39. The maximum atomic E-state index is 12.8. The molecule has 7 heteroatoms. The smallest absolute Gasteiger partial charge is 0.400 e. The minimum atomic E-state index is -4.37. The lowest BCUT2D eigenvalue weighted by Crippen LogP contribution is -2.41. The number of rotatable bonds is 3. The van der Waals surface area contributed by atoms with Gasteiger partial charge in [0.05, 0.1) is 16.8 Å². The van der Waals surface area contributed by atoms with E-state index in [0.717, 1.165) is 12.1 Å². The number of hydrogen-bond donors (Lipinski definition) is 1. The second kappa shape index (κ2) is 6.18. The average Bonchev–Trinajstić information content (AvgIpc) is 2.64. The monoisotopic (exact) mass is 344 g/mol. The molecule has 1 aliphatic rings. The van der Waals surface area contributed by atoms with Crippen molar-refractivity contribution < 1.29 is 22.5 Å². The van der Waals surface area contributed by atoms with Crippen LogP contribution in [0.2, 0.25) is 0 Å². The molecule has 1 aromatic rings. The molecule has 0 N–H and O–H groups in total. The van der Waals surface area contributed by atoms with Crippen LogP contribution in [0, 0.1) is 0 Å². The number of hydrogen-bond acceptors (Lipinski definition) is 3. The summed E-state index contributed by atoms with van der Waals surface area (Å²) in [5.41, 5.74) is -0.565. The molecular formula is C16H20BF3O2S. The molecule has 0 bridgehead atoms. The summed E-state index contributed by atoms with van der Waals surface area (Å²) in [5.74, 6) is 0.326. The summed E-state index contributed by atoms with van der Waals surface area (Å²) in [4.78, 5) is 0. The predicted octanol–water partition coefficient (Wildman–Crippen LogP) is 4.65. The minimum absolute atomic E-state index is 0.326. The number of alkyl halides is 3. The molecule has 23 heavy (non-hydrogen) atoms. The minimum Gasteiger partial charge on any atom is -0.400 e. The molecule has 1 aliphatic heterocycles. The molecule has 0 aliphatic carbocycles. The summed E-state index contributed by atoms with van der Waals surface area (Å²) in [6, 6.07) is 5.15. The van der Waals surface area contributed by atoms with Crippen LogP contribution in [0.25, 0.3) is 6.08 Å². The molecule has 1 fully saturated rings. The van der Waals surface area contributed by atoms with E-state index in [0.29, 0.717) is 16.8 Å². The maximum absolute atomic E-state index is 12.8. The van der Waals surface area contributed by atoms with Crippen LogP contribution in [0.15, 0.2) is 29.7 Å². The van der Waals surface area contributed by atoms with Gasteiger partial charge in [0.1, 0.15) is 0 Å². The van der Waals surface area contributed by atoms with Gasteiger partial charge >= 0.3 is 13.3 Å². The largest absolute Gasteiger partial charge is 0.491 e. The van der Waals surface area contributed by atoms with Crippen molar-refractivity contribution >= 4 is 25.8 Å². The third-order valence-corrected chi connectivity index (χ3v) is 4.67. The highest BCUT2D eigenvalue weighted by Gasteiger charge is 2.52. The topological polar surface area (TPSA) is 18.5 Å². The summed E-state index contributed by atoms with van der Waals surface area (Å²) >= 11 is 4.27. The van der Waals surface area contributed by atoms with Crippen LogP contribution in [0.3, 0.4) is 0 Å². The fourth-order valence-corrected chi connectivity index (χ4v) is 2.44. The van der Waals surface area contributed by atoms with Crippen LogP contribution in [-0.4, -0.2) is 24.1 Å². The second-order valence-electron chi connectivity index (χ2n) is 6.59. The van der Waals surface area contributed by atoms with Crippen LogP contribution in [-0.2, 0) is 15.5 Å². The number of halogens is 3. The van der Waals surface area contributed by atoms with Crippen molar-refractivity contribution in [1.82, 2.24) is 0 Å². The Balaban J connectivity index is 2.31. The van der Waals surface area contributed by atoms with Gasteiger partial charge < -0.3 is 9.31 Å². The van der Waals surface area contributed by atoms with Crippen molar-refractivity contribution in [3.8, 4) is 0 Å². The van der Waals surface area contributed by atoms with Crippen molar-refractivity contribution in [1.29, 1.82) is 0 Å². The molecule has 0 aromatic heterocycles. The Bertz CT molecular complexity index is 596. The zero-order valence-corrected chi connectivity index (χ0v) is 14.5. The lowest BCUT2D eigenvalue weighted by Gasteiger charge is -2.32. The van der Waals surface area contributed by atoms with Crippen LogP contribution in [0.1, 0.15) is 38.8 Å². The van der Waals surface area contributed by atoms with Gasteiger partial charge in [0, 0.05) is 5.75 Å². The molecule has 0 radical (unpaired) electrons. The van der Waals surface area contributed by atoms with Crippen molar-refractivity contribution in [3.05, 3.63) is 40.9 Å². The molecular weight excluding hydrogens is 324 g/mol.